The van der Waals surface area contributed by atoms with E-state index in [1.165, 1.54) is 19.2 Å². The van der Waals surface area contributed by atoms with E-state index in [-0.39, 0.29) is 0 Å². The summed E-state index contributed by atoms with van der Waals surface area (Å²) in [6.45, 7) is 4.76. The molecular formula is C10H17N3O. The van der Waals surface area contributed by atoms with E-state index in [1.807, 2.05) is 6.92 Å². The molecule has 1 aliphatic rings. The van der Waals surface area contributed by atoms with Crippen LogP contribution in [0.5, 0.6) is 0 Å². The highest BCUT2D eigenvalue weighted by Crippen LogP contribution is 2.17. The fourth-order valence-corrected chi connectivity index (χ4v) is 1.35. The van der Waals surface area contributed by atoms with Gasteiger partial charge in [-0.05, 0) is 19.8 Å². The molecule has 0 saturated heterocycles. The van der Waals surface area contributed by atoms with Gasteiger partial charge in [-0.15, -0.1) is 0 Å². The van der Waals surface area contributed by atoms with Gasteiger partial charge >= 0.3 is 0 Å². The average molecular weight is 195 g/mol. The van der Waals surface area contributed by atoms with E-state index in [4.69, 9.17) is 4.42 Å². The Morgan fingerprint density at radius 1 is 1.50 bits per heavy atom. The first-order valence-corrected chi connectivity index (χ1v) is 5.19. The molecule has 0 atom stereocenters. The van der Waals surface area contributed by atoms with E-state index in [1.54, 1.807) is 0 Å². The average Bonchev–Trinajstić information content (AvgIpc) is 2.91. The fraction of sp³-hybridized carbons (Fsp3) is 0.700. The first kappa shape index (κ1) is 9.68. The number of nitrogens with zero attached hydrogens (tertiary/aromatic N) is 1. The molecule has 1 fully saturated rings. The second kappa shape index (κ2) is 4.57. The standard InChI is InChI=1S/C10H17N3O/c1-8-10(14-7-13-8)6-11-4-5-12-9-2-3-9/h7,9,11-12H,2-6H2,1H3. The maximum atomic E-state index is 5.21. The summed E-state index contributed by atoms with van der Waals surface area (Å²) >= 11 is 0. The molecule has 4 heteroatoms. The van der Waals surface area contributed by atoms with Crippen molar-refractivity contribution in [3.63, 3.8) is 0 Å². The Morgan fingerprint density at radius 2 is 2.36 bits per heavy atom. The Kier molecular flexibility index (Phi) is 3.16. The van der Waals surface area contributed by atoms with Crippen LogP contribution in [0.4, 0.5) is 0 Å². The van der Waals surface area contributed by atoms with E-state index in [0.717, 1.165) is 37.1 Å². The van der Waals surface area contributed by atoms with Crippen molar-refractivity contribution in [3.05, 3.63) is 17.8 Å². The molecule has 0 spiro atoms. The topological polar surface area (TPSA) is 50.1 Å². The zero-order valence-electron chi connectivity index (χ0n) is 8.55. The zero-order valence-corrected chi connectivity index (χ0v) is 8.55. The van der Waals surface area contributed by atoms with Gasteiger partial charge in [0.15, 0.2) is 6.39 Å². The summed E-state index contributed by atoms with van der Waals surface area (Å²) in [6, 6.07) is 0.795. The van der Waals surface area contributed by atoms with Crippen LogP contribution in [-0.2, 0) is 6.54 Å². The van der Waals surface area contributed by atoms with Crippen molar-refractivity contribution in [2.45, 2.75) is 32.4 Å². The SMILES string of the molecule is Cc1ncoc1CNCCNC1CC1. The maximum absolute atomic E-state index is 5.21. The second-order valence-corrected chi connectivity index (χ2v) is 3.77. The summed E-state index contributed by atoms with van der Waals surface area (Å²) in [5, 5.41) is 6.76. The van der Waals surface area contributed by atoms with Crippen molar-refractivity contribution in [2.75, 3.05) is 13.1 Å². The van der Waals surface area contributed by atoms with E-state index in [9.17, 15) is 0 Å². The molecule has 0 radical (unpaired) electrons. The van der Waals surface area contributed by atoms with E-state index in [0.29, 0.717) is 0 Å². The van der Waals surface area contributed by atoms with Crippen LogP contribution >= 0.6 is 0 Å². The van der Waals surface area contributed by atoms with E-state index in [2.05, 4.69) is 15.6 Å². The van der Waals surface area contributed by atoms with Gasteiger partial charge in [0.2, 0.25) is 0 Å². The summed E-state index contributed by atoms with van der Waals surface area (Å²) in [5.74, 6) is 0.941. The molecular weight excluding hydrogens is 178 g/mol. The van der Waals surface area contributed by atoms with Gasteiger partial charge in [-0.3, -0.25) is 0 Å². The second-order valence-electron chi connectivity index (χ2n) is 3.77. The minimum Gasteiger partial charge on any atom is -0.447 e. The minimum atomic E-state index is 0.776. The highest BCUT2D eigenvalue weighted by Gasteiger charge is 2.19. The molecule has 0 aromatic carbocycles. The van der Waals surface area contributed by atoms with Gasteiger partial charge in [0.25, 0.3) is 0 Å². The molecule has 1 aromatic heterocycles. The molecule has 0 unspecified atom stereocenters. The van der Waals surface area contributed by atoms with Crippen LogP contribution in [0.1, 0.15) is 24.3 Å². The third kappa shape index (κ3) is 2.82. The molecule has 1 aromatic rings. The van der Waals surface area contributed by atoms with Crippen LogP contribution in [-0.4, -0.2) is 24.1 Å². The fourth-order valence-electron chi connectivity index (χ4n) is 1.35. The van der Waals surface area contributed by atoms with Crippen molar-refractivity contribution in [1.82, 2.24) is 15.6 Å². The first-order valence-electron chi connectivity index (χ1n) is 5.19. The Labute approximate surface area is 84.1 Å². The van der Waals surface area contributed by atoms with Crippen LogP contribution < -0.4 is 10.6 Å². The van der Waals surface area contributed by atoms with Gasteiger partial charge in [-0.2, -0.15) is 0 Å². The lowest BCUT2D eigenvalue weighted by molar-refractivity contribution is 0.474. The maximum Gasteiger partial charge on any atom is 0.181 e. The number of hydrogen-bond acceptors (Lipinski definition) is 4. The van der Waals surface area contributed by atoms with Crippen molar-refractivity contribution < 1.29 is 4.42 Å². The van der Waals surface area contributed by atoms with Crippen molar-refractivity contribution in [2.24, 2.45) is 0 Å². The van der Waals surface area contributed by atoms with Gasteiger partial charge < -0.3 is 15.1 Å². The molecule has 4 nitrogen and oxygen atoms in total. The van der Waals surface area contributed by atoms with Crippen molar-refractivity contribution in [3.8, 4) is 0 Å². The van der Waals surface area contributed by atoms with Crippen LogP contribution in [0.25, 0.3) is 0 Å². The number of aromatic nitrogens is 1. The summed E-state index contributed by atoms with van der Waals surface area (Å²) in [4.78, 5) is 4.03. The number of oxazole rings is 1. The molecule has 2 N–H and O–H groups in total. The molecule has 1 aliphatic carbocycles. The highest BCUT2D eigenvalue weighted by molar-refractivity contribution is 5.03. The normalized spacial score (nSPS) is 16.1. The quantitative estimate of drug-likeness (QED) is 0.660. The Morgan fingerprint density at radius 3 is 3.00 bits per heavy atom. The summed E-state index contributed by atoms with van der Waals surface area (Å²) in [7, 11) is 0. The molecule has 78 valence electrons. The molecule has 1 heterocycles. The third-order valence-electron chi connectivity index (χ3n) is 2.44. The van der Waals surface area contributed by atoms with E-state index < -0.39 is 0 Å². The van der Waals surface area contributed by atoms with Gasteiger partial charge in [-0.1, -0.05) is 0 Å². The molecule has 0 bridgehead atoms. The van der Waals surface area contributed by atoms with Gasteiger partial charge in [0.1, 0.15) is 5.76 Å². The van der Waals surface area contributed by atoms with Crippen molar-refractivity contribution in [1.29, 1.82) is 0 Å². The lowest BCUT2D eigenvalue weighted by Crippen LogP contribution is -2.28. The molecule has 1 saturated carbocycles. The summed E-state index contributed by atoms with van der Waals surface area (Å²) in [5.41, 5.74) is 0.979. The molecule has 0 amide bonds. The lowest BCUT2D eigenvalue weighted by atomic mass is 10.3. The third-order valence-corrected chi connectivity index (χ3v) is 2.44. The predicted octanol–water partition coefficient (Wildman–Crippen LogP) is 0.825. The highest BCUT2D eigenvalue weighted by atomic mass is 16.3. The predicted molar refractivity (Wildman–Crippen MR) is 54.0 cm³/mol. The number of hydrogen-bond donors (Lipinski definition) is 2. The number of aryl methyl sites for hydroxylation is 1. The molecule has 0 aliphatic heterocycles. The summed E-state index contributed by atoms with van der Waals surface area (Å²) in [6.07, 6.45) is 4.19. The lowest BCUT2D eigenvalue weighted by Gasteiger charge is -2.03. The Hall–Kier alpha value is -0.870. The number of rotatable bonds is 6. The van der Waals surface area contributed by atoms with E-state index >= 15 is 0 Å². The minimum absolute atomic E-state index is 0.776. The number of nitrogens with one attached hydrogen (secondary N) is 2. The monoisotopic (exact) mass is 195 g/mol. The summed E-state index contributed by atoms with van der Waals surface area (Å²) < 4.78 is 5.21. The molecule has 2 rings (SSSR count). The van der Waals surface area contributed by atoms with Crippen LogP contribution in [0.3, 0.4) is 0 Å². The Balaban J connectivity index is 1.56. The van der Waals surface area contributed by atoms with Crippen molar-refractivity contribution >= 4 is 0 Å². The van der Waals surface area contributed by atoms with Crippen LogP contribution in [0.15, 0.2) is 10.8 Å². The first-order chi connectivity index (χ1) is 6.86. The van der Waals surface area contributed by atoms with Crippen LogP contribution in [0.2, 0.25) is 0 Å². The smallest absolute Gasteiger partial charge is 0.181 e. The van der Waals surface area contributed by atoms with Gasteiger partial charge in [0.05, 0.1) is 12.2 Å². The Bertz CT molecular complexity index is 281. The molecule has 14 heavy (non-hydrogen) atoms. The van der Waals surface area contributed by atoms with Gasteiger partial charge in [-0.25, -0.2) is 4.98 Å². The zero-order chi connectivity index (χ0) is 9.80. The van der Waals surface area contributed by atoms with Crippen LogP contribution in [0, 0.1) is 6.92 Å². The largest absolute Gasteiger partial charge is 0.447 e. The van der Waals surface area contributed by atoms with Gasteiger partial charge in [0, 0.05) is 19.1 Å².